The standard InChI is InChI=1S/C30H29ClN6O2/c1-20-6-3-8-22(16-20)28-33-34-29-25-11-10-23(31)19-26(25)32-30(37(28)29)36-13-5-12-35(14-15-36)27(38)18-21-7-4-9-24(17-21)39-2/h3-4,6-11,16-17,19H,5,12-15,18H2,1-2H3. The van der Waals surface area contributed by atoms with E-state index in [9.17, 15) is 4.79 Å². The monoisotopic (exact) mass is 540 g/mol. The maximum Gasteiger partial charge on any atom is 0.227 e. The van der Waals surface area contributed by atoms with Gasteiger partial charge in [0.2, 0.25) is 11.9 Å². The number of hydrogen-bond donors (Lipinski definition) is 0. The van der Waals surface area contributed by atoms with Crippen molar-refractivity contribution in [3.8, 4) is 17.1 Å². The van der Waals surface area contributed by atoms with E-state index in [4.69, 9.17) is 21.3 Å². The number of rotatable bonds is 5. The van der Waals surface area contributed by atoms with Crippen molar-refractivity contribution in [1.29, 1.82) is 0 Å². The van der Waals surface area contributed by atoms with Crippen LogP contribution in [0.25, 0.3) is 27.9 Å². The van der Waals surface area contributed by atoms with Crippen LogP contribution in [0, 0.1) is 6.92 Å². The molecule has 39 heavy (non-hydrogen) atoms. The number of amides is 1. The Morgan fingerprint density at radius 3 is 2.69 bits per heavy atom. The van der Waals surface area contributed by atoms with Gasteiger partial charge < -0.3 is 14.5 Å². The molecule has 3 heterocycles. The molecular formula is C30H29ClN6O2. The zero-order valence-corrected chi connectivity index (χ0v) is 22.7. The summed E-state index contributed by atoms with van der Waals surface area (Å²) in [5, 5.41) is 10.7. The van der Waals surface area contributed by atoms with E-state index < -0.39 is 0 Å². The Labute approximate surface area is 231 Å². The molecule has 0 N–H and O–H groups in total. The smallest absolute Gasteiger partial charge is 0.227 e. The summed E-state index contributed by atoms with van der Waals surface area (Å²) in [6.45, 7) is 4.75. The third kappa shape index (κ3) is 5.00. The van der Waals surface area contributed by atoms with Crippen LogP contribution in [0.1, 0.15) is 17.5 Å². The van der Waals surface area contributed by atoms with Crippen LogP contribution < -0.4 is 9.64 Å². The largest absolute Gasteiger partial charge is 0.497 e. The first-order valence-electron chi connectivity index (χ1n) is 13.1. The SMILES string of the molecule is COc1cccc(CC(=O)N2CCCN(c3nc4cc(Cl)ccc4c4nnc(-c5cccc(C)c5)n34)CC2)c1. The van der Waals surface area contributed by atoms with Crippen LogP contribution in [-0.4, -0.2) is 63.7 Å². The van der Waals surface area contributed by atoms with E-state index in [0.29, 0.717) is 31.1 Å². The number of nitrogens with zero attached hydrogens (tertiary/aromatic N) is 6. The Bertz CT molecular complexity index is 1680. The molecule has 0 bridgehead atoms. The number of anilines is 1. The van der Waals surface area contributed by atoms with Crippen molar-refractivity contribution in [1.82, 2.24) is 24.5 Å². The van der Waals surface area contributed by atoms with E-state index in [1.165, 1.54) is 0 Å². The molecule has 6 rings (SSSR count). The summed E-state index contributed by atoms with van der Waals surface area (Å²) in [5.41, 5.74) is 4.57. The number of methoxy groups -OCH3 is 1. The number of fused-ring (bicyclic) bond motifs is 3. The van der Waals surface area contributed by atoms with E-state index in [-0.39, 0.29) is 5.91 Å². The molecule has 2 aromatic heterocycles. The average Bonchev–Trinajstić information content (AvgIpc) is 3.23. The topological polar surface area (TPSA) is 75.9 Å². The molecule has 1 amide bonds. The summed E-state index contributed by atoms with van der Waals surface area (Å²) in [5.74, 6) is 2.36. The lowest BCUT2D eigenvalue weighted by atomic mass is 10.1. The maximum absolute atomic E-state index is 13.2. The Morgan fingerprint density at radius 1 is 0.974 bits per heavy atom. The number of aromatic nitrogens is 4. The minimum Gasteiger partial charge on any atom is -0.497 e. The first-order valence-corrected chi connectivity index (χ1v) is 13.4. The highest BCUT2D eigenvalue weighted by Gasteiger charge is 2.25. The van der Waals surface area contributed by atoms with Gasteiger partial charge in [0.1, 0.15) is 5.75 Å². The first kappa shape index (κ1) is 25.1. The summed E-state index contributed by atoms with van der Waals surface area (Å²) in [4.78, 5) is 22.5. The maximum atomic E-state index is 13.2. The predicted molar refractivity (Wildman–Crippen MR) is 154 cm³/mol. The fraction of sp³-hybridized carbons (Fsp3) is 0.267. The Kier molecular flexibility index (Phi) is 6.79. The van der Waals surface area contributed by atoms with Gasteiger partial charge in [-0.2, -0.15) is 0 Å². The van der Waals surface area contributed by atoms with E-state index in [2.05, 4.69) is 34.2 Å². The molecule has 8 nitrogen and oxygen atoms in total. The molecule has 9 heteroatoms. The minimum atomic E-state index is 0.109. The number of ether oxygens (including phenoxy) is 1. The molecule has 1 aliphatic heterocycles. The van der Waals surface area contributed by atoms with E-state index in [1.807, 2.05) is 63.9 Å². The lowest BCUT2D eigenvalue weighted by Gasteiger charge is -2.24. The van der Waals surface area contributed by atoms with Gasteiger partial charge in [-0.1, -0.05) is 47.5 Å². The van der Waals surface area contributed by atoms with E-state index in [0.717, 1.165) is 63.7 Å². The second-order valence-electron chi connectivity index (χ2n) is 9.88. The molecule has 0 unspecified atom stereocenters. The lowest BCUT2D eigenvalue weighted by Crippen LogP contribution is -2.36. The van der Waals surface area contributed by atoms with Crippen LogP contribution in [0.3, 0.4) is 0 Å². The van der Waals surface area contributed by atoms with Gasteiger partial charge in [0.25, 0.3) is 0 Å². The number of carbonyl (C=O) groups is 1. The molecule has 3 aromatic carbocycles. The molecule has 0 radical (unpaired) electrons. The summed E-state index contributed by atoms with van der Waals surface area (Å²) < 4.78 is 7.36. The Morgan fingerprint density at radius 2 is 1.85 bits per heavy atom. The molecule has 0 spiro atoms. The van der Waals surface area contributed by atoms with Crippen molar-refractivity contribution in [2.24, 2.45) is 0 Å². The van der Waals surface area contributed by atoms with Crippen LogP contribution in [-0.2, 0) is 11.2 Å². The van der Waals surface area contributed by atoms with Crippen molar-refractivity contribution in [2.75, 3.05) is 38.2 Å². The minimum absolute atomic E-state index is 0.109. The molecule has 1 aliphatic rings. The van der Waals surface area contributed by atoms with Gasteiger partial charge in [0, 0.05) is 42.2 Å². The number of halogens is 1. The molecule has 198 valence electrons. The molecule has 1 fully saturated rings. The van der Waals surface area contributed by atoms with Crippen molar-refractivity contribution in [3.63, 3.8) is 0 Å². The first-order chi connectivity index (χ1) is 19.0. The van der Waals surface area contributed by atoms with Crippen LogP contribution in [0.15, 0.2) is 66.7 Å². The summed E-state index contributed by atoms with van der Waals surface area (Å²) >= 11 is 6.34. The fourth-order valence-corrected chi connectivity index (χ4v) is 5.38. The van der Waals surface area contributed by atoms with Gasteiger partial charge in [-0.3, -0.25) is 4.79 Å². The van der Waals surface area contributed by atoms with Crippen LogP contribution >= 0.6 is 11.6 Å². The molecule has 5 aromatic rings. The molecule has 0 saturated carbocycles. The molecule has 0 atom stereocenters. The summed E-state index contributed by atoms with van der Waals surface area (Å²) in [6, 6.07) is 21.6. The lowest BCUT2D eigenvalue weighted by molar-refractivity contribution is -0.130. The highest BCUT2D eigenvalue weighted by atomic mass is 35.5. The zero-order chi connectivity index (χ0) is 26.9. The second-order valence-corrected chi connectivity index (χ2v) is 10.3. The zero-order valence-electron chi connectivity index (χ0n) is 22.0. The van der Waals surface area contributed by atoms with Crippen molar-refractivity contribution in [2.45, 2.75) is 19.8 Å². The van der Waals surface area contributed by atoms with Gasteiger partial charge in [-0.25, -0.2) is 9.38 Å². The van der Waals surface area contributed by atoms with Gasteiger partial charge in [0.15, 0.2) is 11.5 Å². The summed E-state index contributed by atoms with van der Waals surface area (Å²) in [6.07, 6.45) is 1.17. The molecular weight excluding hydrogens is 512 g/mol. The van der Waals surface area contributed by atoms with Gasteiger partial charge >= 0.3 is 0 Å². The Balaban J connectivity index is 1.34. The van der Waals surface area contributed by atoms with Crippen LogP contribution in [0.5, 0.6) is 5.75 Å². The van der Waals surface area contributed by atoms with Crippen molar-refractivity contribution in [3.05, 3.63) is 82.9 Å². The van der Waals surface area contributed by atoms with Crippen LogP contribution in [0.4, 0.5) is 5.95 Å². The summed E-state index contributed by atoms with van der Waals surface area (Å²) in [7, 11) is 1.64. The molecule has 0 aliphatic carbocycles. The fourth-order valence-electron chi connectivity index (χ4n) is 5.21. The van der Waals surface area contributed by atoms with Gasteiger partial charge in [0.05, 0.1) is 19.0 Å². The number of hydrogen-bond acceptors (Lipinski definition) is 6. The third-order valence-corrected chi connectivity index (χ3v) is 7.42. The molecule has 1 saturated heterocycles. The van der Waals surface area contributed by atoms with E-state index in [1.54, 1.807) is 7.11 Å². The van der Waals surface area contributed by atoms with Crippen LogP contribution in [0.2, 0.25) is 5.02 Å². The normalized spacial score (nSPS) is 14.1. The van der Waals surface area contributed by atoms with Gasteiger partial charge in [-0.15, -0.1) is 10.2 Å². The quantitative estimate of drug-likeness (QED) is 0.305. The number of aryl methyl sites for hydroxylation is 1. The highest BCUT2D eigenvalue weighted by molar-refractivity contribution is 6.31. The van der Waals surface area contributed by atoms with Crippen molar-refractivity contribution < 1.29 is 9.53 Å². The predicted octanol–water partition coefficient (Wildman–Crippen LogP) is 5.20. The second kappa shape index (κ2) is 10.5. The number of benzene rings is 3. The third-order valence-electron chi connectivity index (χ3n) is 7.18. The number of carbonyl (C=O) groups excluding carboxylic acids is 1. The highest BCUT2D eigenvalue weighted by Crippen LogP contribution is 2.30. The van der Waals surface area contributed by atoms with Crippen molar-refractivity contribution >= 4 is 40.0 Å². The Hall–Kier alpha value is -4.17. The average molecular weight is 541 g/mol. The van der Waals surface area contributed by atoms with Gasteiger partial charge in [-0.05, 0) is 55.3 Å². The van der Waals surface area contributed by atoms with E-state index >= 15 is 0 Å².